The second-order valence-corrected chi connectivity index (χ2v) is 4.14. The lowest BCUT2D eigenvalue weighted by atomic mass is 10.1. The van der Waals surface area contributed by atoms with Gasteiger partial charge in [0, 0.05) is 19.7 Å². The Morgan fingerprint density at radius 2 is 2.21 bits per heavy atom. The minimum atomic E-state index is -0.593. The van der Waals surface area contributed by atoms with Gasteiger partial charge in [0.1, 0.15) is 5.69 Å². The number of ether oxygens (including phenoxy) is 1. The Balaban J connectivity index is 2.71. The molecule has 1 aromatic rings. The second kappa shape index (κ2) is 5.98. The van der Waals surface area contributed by atoms with Crippen LogP contribution in [-0.2, 0) is 9.53 Å². The topological polar surface area (TPSA) is 106 Å². The summed E-state index contributed by atoms with van der Waals surface area (Å²) >= 11 is 0. The van der Waals surface area contributed by atoms with Gasteiger partial charge in [-0.1, -0.05) is 6.92 Å². The van der Waals surface area contributed by atoms with Crippen LogP contribution in [0.25, 0.3) is 0 Å². The number of rotatable bonds is 5. The zero-order chi connectivity index (χ0) is 14.6. The van der Waals surface area contributed by atoms with Crippen molar-refractivity contribution in [1.82, 2.24) is 9.88 Å². The SMILES string of the molecule is COC(=O)C(C)CN(C)C(=O)c1cc([N+](=O)[O-])c[nH]1. The van der Waals surface area contributed by atoms with Crippen LogP contribution in [-0.4, -0.2) is 47.4 Å². The number of nitrogens with zero attached hydrogens (tertiary/aromatic N) is 2. The summed E-state index contributed by atoms with van der Waals surface area (Å²) in [5.74, 6) is -1.31. The average Bonchev–Trinajstić information content (AvgIpc) is 2.86. The maximum absolute atomic E-state index is 11.9. The van der Waals surface area contributed by atoms with Crippen LogP contribution >= 0.6 is 0 Å². The predicted molar refractivity (Wildman–Crippen MR) is 65.6 cm³/mol. The summed E-state index contributed by atoms with van der Waals surface area (Å²) in [4.78, 5) is 36.9. The normalized spacial score (nSPS) is 11.7. The van der Waals surface area contributed by atoms with Crippen LogP contribution in [0.5, 0.6) is 0 Å². The molecule has 1 amide bonds. The molecule has 0 saturated heterocycles. The zero-order valence-corrected chi connectivity index (χ0v) is 10.9. The highest BCUT2D eigenvalue weighted by Gasteiger charge is 2.22. The van der Waals surface area contributed by atoms with E-state index in [1.165, 1.54) is 19.1 Å². The number of carbonyl (C=O) groups excluding carboxylic acids is 2. The molecule has 0 aliphatic rings. The molecule has 1 aromatic heterocycles. The molecule has 1 atom stereocenters. The van der Waals surface area contributed by atoms with Crippen LogP contribution in [0.1, 0.15) is 17.4 Å². The quantitative estimate of drug-likeness (QED) is 0.483. The molecular weight excluding hydrogens is 254 g/mol. The molecule has 8 nitrogen and oxygen atoms in total. The van der Waals surface area contributed by atoms with E-state index < -0.39 is 22.7 Å². The molecule has 0 radical (unpaired) electrons. The van der Waals surface area contributed by atoms with Crippen LogP contribution in [0.15, 0.2) is 12.3 Å². The number of carbonyl (C=O) groups is 2. The Bertz CT molecular complexity index is 496. The van der Waals surface area contributed by atoms with Crippen molar-refractivity contribution in [3.05, 3.63) is 28.1 Å². The summed E-state index contributed by atoms with van der Waals surface area (Å²) < 4.78 is 4.56. The summed E-state index contributed by atoms with van der Waals surface area (Å²) in [5, 5.41) is 10.5. The number of hydrogen-bond acceptors (Lipinski definition) is 5. The van der Waals surface area contributed by atoms with Crippen molar-refractivity contribution in [3.63, 3.8) is 0 Å². The number of esters is 1. The number of hydrogen-bond donors (Lipinski definition) is 1. The van der Waals surface area contributed by atoms with Gasteiger partial charge in [-0.25, -0.2) is 0 Å². The van der Waals surface area contributed by atoms with Crippen molar-refractivity contribution in [2.24, 2.45) is 5.92 Å². The lowest BCUT2D eigenvalue weighted by molar-refractivity contribution is -0.384. The molecule has 1 heterocycles. The number of amides is 1. The van der Waals surface area contributed by atoms with E-state index in [0.717, 1.165) is 12.3 Å². The van der Waals surface area contributed by atoms with E-state index in [-0.39, 0.29) is 17.9 Å². The molecule has 0 fully saturated rings. The van der Waals surface area contributed by atoms with Gasteiger partial charge in [0.15, 0.2) is 0 Å². The standard InChI is InChI=1S/C11H15N3O5/c1-7(11(16)19-3)6-13(2)10(15)9-4-8(5-12-9)14(17)18/h4-5,7,12H,6H2,1-3H3. The summed E-state index contributed by atoms with van der Waals surface area (Å²) in [6.45, 7) is 1.80. The lowest BCUT2D eigenvalue weighted by Crippen LogP contribution is -2.34. The van der Waals surface area contributed by atoms with Crippen LogP contribution in [0.2, 0.25) is 0 Å². The third kappa shape index (κ3) is 3.54. The van der Waals surface area contributed by atoms with Gasteiger partial charge in [0.25, 0.3) is 11.6 Å². The first-order valence-electron chi connectivity index (χ1n) is 5.53. The van der Waals surface area contributed by atoms with E-state index in [1.807, 2.05) is 0 Å². The Kier molecular flexibility index (Phi) is 4.62. The number of aromatic nitrogens is 1. The second-order valence-electron chi connectivity index (χ2n) is 4.14. The third-order valence-corrected chi connectivity index (χ3v) is 2.61. The van der Waals surface area contributed by atoms with Crippen molar-refractivity contribution < 1.29 is 19.2 Å². The number of methoxy groups -OCH3 is 1. The molecule has 1 rings (SSSR count). The first-order chi connectivity index (χ1) is 8.86. The lowest BCUT2D eigenvalue weighted by Gasteiger charge is -2.19. The van der Waals surface area contributed by atoms with Crippen molar-refractivity contribution in [1.29, 1.82) is 0 Å². The molecule has 0 spiro atoms. The molecule has 0 aliphatic heterocycles. The summed E-state index contributed by atoms with van der Waals surface area (Å²) in [6, 6.07) is 1.15. The first kappa shape index (κ1) is 14.7. The summed E-state index contributed by atoms with van der Waals surface area (Å²) in [7, 11) is 2.78. The molecule has 19 heavy (non-hydrogen) atoms. The van der Waals surface area contributed by atoms with E-state index >= 15 is 0 Å². The zero-order valence-electron chi connectivity index (χ0n) is 10.9. The summed E-state index contributed by atoms with van der Waals surface area (Å²) in [6.07, 6.45) is 1.14. The molecule has 0 bridgehead atoms. The van der Waals surface area contributed by atoms with E-state index in [1.54, 1.807) is 6.92 Å². The molecule has 104 valence electrons. The van der Waals surface area contributed by atoms with Gasteiger partial charge in [-0.05, 0) is 0 Å². The molecular formula is C11H15N3O5. The average molecular weight is 269 g/mol. The van der Waals surface area contributed by atoms with Crippen molar-refractivity contribution >= 4 is 17.6 Å². The smallest absolute Gasteiger partial charge is 0.310 e. The van der Waals surface area contributed by atoms with E-state index in [4.69, 9.17) is 0 Å². The minimum absolute atomic E-state index is 0.103. The van der Waals surface area contributed by atoms with Crippen molar-refractivity contribution in [2.75, 3.05) is 20.7 Å². The highest BCUT2D eigenvalue weighted by molar-refractivity contribution is 5.93. The molecule has 0 aromatic carbocycles. The predicted octanol–water partition coefficient (Wildman–Crippen LogP) is 0.804. The van der Waals surface area contributed by atoms with Gasteiger partial charge in [0.2, 0.25) is 0 Å². The van der Waals surface area contributed by atoms with Crippen molar-refractivity contribution in [3.8, 4) is 0 Å². The van der Waals surface area contributed by atoms with E-state index in [0.29, 0.717) is 0 Å². The number of nitro groups is 1. The fourth-order valence-electron chi connectivity index (χ4n) is 1.59. The molecule has 0 saturated carbocycles. The van der Waals surface area contributed by atoms with Gasteiger partial charge in [-0.15, -0.1) is 0 Å². The monoisotopic (exact) mass is 269 g/mol. The number of aromatic amines is 1. The number of nitrogens with one attached hydrogen (secondary N) is 1. The molecule has 0 aliphatic carbocycles. The van der Waals surface area contributed by atoms with Gasteiger partial charge in [-0.3, -0.25) is 19.7 Å². The minimum Gasteiger partial charge on any atom is -0.469 e. The van der Waals surface area contributed by atoms with Crippen LogP contribution < -0.4 is 0 Å². The van der Waals surface area contributed by atoms with E-state index in [2.05, 4.69) is 9.72 Å². The Labute approximate surface area is 109 Å². The van der Waals surface area contributed by atoms with E-state index in [9.17, 15) is 19.7 Å². The van der Waals surface area contributed by atoms with Gasteiger partial charge in [0.05, 0.1) is 24.1 Å². The Hall–Kier alpha value is -2.38. The molecule has 8 heteroatoms. The summed E-state index contributed by atoms with van der Waals surface area (Å²) in [5.41, 5.74) is -0.0796. The van der Waals surface area contributed by atoms with Crippen LogP contribution in [0.4, 0.5) is 5.69 Å². The van der Waals surface area contributed by atoms with Crippen molar-refractivity contribution in [2.45, 2.75) is 6.92 Å². The third-order valence-electron chi connectivity index (χ3n) is 2.61. The highest BCUT2D eigenvalue weighted by Crippen LogP contribution is 2.14. The largest absolute Gasteiger partial charge is 0.469 e. The first-order valence-corrected chi connectivity index (χ1v) is 5.53. The fraction of sp³-hybridized carbons (Fsp3) is 0.455. The Morgan fingerprint density at radius 3 is 2.68 bits per heavy atom. The molecule has 1 unspecified atom stereocenters. The molecule has 1 N–H and O–H groups in total. The Morgan fingerprint density at radius 1 is 1.58 bits per heavy atom. The highest BCUT2D eigenvalue weighted by atomic mass is 16.6. The van der Waals surface area contributed by atoms with Crippen LogP contribution in [0, 0.1) is 16.0 Å². The number of H-pyrrole nitrogens is 1. The van der Waals surface area contributed by atoms with Gasteiger partial charge < -0.3 is 14.6 Å². The van der Waals surface area contributed by atoms with Crippen LogP contribution in [0.3, 0.4) is 0 Å². The maximum Gasteiger partial charge on any atom is 0.310 e. The van der Waals surface area contributed by atoms with Gasteiger partial charge >= 0.3 is 5.97 Å². The van der Waals surface area contributed by atoms with Gasteiger partial charge in [-0.2, -0.15) is 0 Å². The maximum atomic E-state index is 11.9. The fourth-order valence-corrected chi connectivity index (χ4v) is 1.59.